The lowest BCUT2D eigenvalue weighted by Crippen LogP contribution is -2.28. The molecule has 0 bridgehead atoms. The third-order valence-corrected chi connectivity index (χ3v) is 4.13. The number of hydrogen-bond donors (Lipinski definition) is 1. The van der Waals surface area contributed by atoms with Crippen molar-refractivity contribution in [3.8, 4) is 11.4 Å². The van der Waals surface area contributed by atoms with Crippen molar-refractivity contribution in [1.29, 1.82) is 0 Å². The van der Waals surface area contributed by atoms with Crippen molar-refractivity contribution >= 4 is 33.6 Å². The van der Waals surface area contributed by atoms with Gasteiger partial charge in [0, 0.05) is 16.8 Å². The Hall–Kier alpha value is -3.75. The molecule has 0 aliphatic heterocycles. The van der Waals surface area contributed by atoms with Crippen LogP contribution in [0.25, 0.3) is 27.5 Å². The normalized spacial score (nSPS) is 11.7. The highest BCUT2D eigenvalue weighted by Gasteiger charge is 2.31. The molecule has 1 amide bonds. The van der Waals surface area contributed by atoms with Crippen LogP contribution in [0, 0.1) is 0 Å². The van der Waals surface area contributed by atoms with Crippen molar-refractivity contribution in [3.05, 3.63) is 60.9 Å². The molecule has 3 aromatic carbocycles. The molecule has 28 heavy (non-hydrogen) atoms. The van der Waals surface area contributed by atoms with Crippen LogP contribution in [0.3, 0.4) is 0 Å². The second-order valence-corrected chi connectivity index (χ2v) is 5.94. The number of fused-ring (bicyclic) bond motifs is 3. The Balaban J connectivity index is 1.73. The lowest BCUT2D eigenvalue weighted by atomic mass is 10.1. The molecule has 9 heteroatoms. The maximum atomic E-state index is 12.3. The van der Waals surface area contributed by atoms with E-state index in [1.165, 1.54) is 24.3 Å². The van der Waals surface area contributed by atoms with Crippen LogP contribution < -0.4 is 15.2 Å². The second kappa shape index (κ2) is 6.45. The third kappa shape index (κ3) is 3.41. The van der Waals surface area contributed by atoms with Crippen LogP contribution in [0.1, 0.15) is 0 Å². The van der Waals surface area contributed by atoms with E-state index in [4.69, 9.17) is 0 Å². The number of carboxylic acid groups (broad SMARTS) is 1. The minimum absolute atomic E-state index is 0.306. The molecule has 0 saturated heterocycles. The number of alkyl halides is 3. The molecule has 6 nitrogen and oxygen atoms in total. The molecule has 142 valence electrons. The summed E-state index contributed by atoms with van der Waals surface area (Å²) in [6, 6.07) is 14.1. The fraction of sp³-hybridized carbons (Fsp3) is 0.0526. The first-order valence-corrected chi connectivity index (χ1v) is 8.04. The molecule has 0 saturated carbocycles. The van der Waals surface area contributed by atoms with Crippen molar-refractivity contribution in [2.45, 2.75) is 6.36 Å². The Kier molecular flexibility index (Phi) is 4.07. The van der Waals surface area contributed by atoms with Gasteiger partial charge in [-0.25, -0.2) is 4.98 Å². The second-order valence-electron chi connectivity index (χ2n) is 5.94. The van der Waals surface area contributed by atoms with Crippen molar-refractivity contribution in [2.75, 3.05) is 5.32 Å². The van der Waals surface area contributed by atoms with E-state index in [2.05, 4.69) is 15.0 Å². The SMILES string of the molecule is O=C([O-])Nc1ccc2c(ccc3c2ncn3-c2ccc(OC(F)(F)F)cc2)c1. The van der Waals surface area contributed by atoms with E-state index < -0.39 is 12.5 Å². The number of imidazole rings is 1. The molecule has 0 atom stereocenters. The zero-order chi connectivity index (χ0) is 19.9. The molecular weight excluding hydrogens is 375 g/mol. The number of halogens is 3. The van der Waals surface area contributed by atoms with Crippen LogP contribution >= 0.6 is 0 Å². The number of carbonyl (C=O) groups excluding carboxylic acids is 1. The Morgan fingerprint density at radius 3 is 2.50 bits per heavy atom. The van der Waals surface area contributed by atoms with Crippen molar-refractivity contribution < 1.29 is 27.8 Å². The quantitative estimate of drug-likeness (QED) is 0.580. The van der Waals surface area contributed by atoms with Gasteiger partial charge in [-0.3, -0.25) is 4.57 Å². The number of benzene rings is 3. The smallest absolute Gasteiger partial charge is 0.530 e. The Labute approximate surface area is 155 Å². The molecule has 1 heterocycles. The third-order valence-electron chi connectivity index (χ3n) is 4.13. The largest absolute Gasteiger partial charge is 0.573 e. The van der Waals surface area contributed by atoms with Gasteiger partial charge in [0.25, 0.3) is 0 Å². The highest BCUT2D eigenvalue weighted by atomic mass is 19.4. The van der Waals surface area contributed by atoms with Crippen LogP contribution in [-0.4, -0.2) is 22.0 Å². The predicted octanol–water partition coefficient (Wildman–Crippen LogP) is 3.83. The van der Waals surface area contributed by atoms with Gasteiger partial charge < -0.3 is 20.0 Å². The highest BCUT2D eigenvalue weighted by molar-refractivity contribution is 6.06. The van der Waals surface area contributed by atoms with E-state index in [1.54, 1.807) is 41.2 Å². The first-order valence-electron chi connectivity index (χ1n) is 8.04. The number of nitrogens with zero attached hydrogens (tertiary/aromatic N) is 2. The van der Waals surface area contributed by atoms with Crippen LogP contribution in [0.15, 0.2) is 60.9 Å². The van der Waals surface area contributed by atoms with E-state index >= 15 is 0 Å². The molecule has 0 aliphatic rings. The molecule has 1 aromatic heterocycles. The molecule has 0 aliphatic carbocycles. The maximum Gasteiger partial charge on any atom is 0.573 e. The molecule has 4 aromatic rings. The maximum absolute atomic E-state index is 12.3. The highest BCUT2D eigenvalue weighted by Crippen LogP contribution is 2.29. The standard InChI is InChI=1S/C19H12F3N3O3/c20-19(21,22)28-14-5-3-13(4-6-14)25-10-23-17-15-7-2-12(24-18(26)27)9-11(15)1-8-16(17)25/h1-10,24H,(H,26,27)/p-1. The number of aromatic nitrogens is 2. The molecule has 0 unspecified atom stereocenters. The number of rotatable bonds is 3. The number of hydrogen-bond acceptors (Lipinski definition) is 4. The minimum atomic E-state index is -4.74. The van der Waals surface area contributed by atoms with Gasteiger partial charge >= 0.3 is 6.36 Å². The summed E-state index contributed by atoms with van der Waals surface area (Å²) >= 11 is 0. The number of anilines is 1. The zero-order valence-electron chi connectivity index (χ0n) is 14.0. The first-order chi connectivity index (χ1) is 13.3. The summed E-state index contributed by atoms with van der Waals surface area (Å²) in [6.45, 7) is 0. The summed E-state index contributed by atoms with van der Waals surface area (Å²) in [5, 5.41) is 14.4. The summed E-state index contributed by atoms with van der Waals surface area (Å²) < 4.78 is 42.5. The van der Waals surface area contributed by atoms with Crippen LogP contribution in [0.2, 0.25) is 0 Å². The average molecular weight is 386 g/mol. The van der Waals surface area contributed by atoms with Gasteiger partial charge in [0.1, 0.15) is 18.2 Å². The molecule has 0 radical (unpaired) electrons. The first kappa shape index (κ1) is 17.7. The zero-order valence-corrected chi connectivity index (χ0v) is 14.0. The van der Waals surface area contributed by atoms with E-state index in [-0.39, 0.29) is 5.75 Å². The van der Waals surface area contributed by atoms with Crippen molar-refractivity contribution in [2.24, 2.45) is 0 Å². The van der Waals surface area contributed by atoms with Crippen LogP contribution in [0.4, 0.5) is 23.7 Å². The predicted molar refractivity (Wildman–Crippen MR) is 94.3 cm³/mol. The van der Waals surface area contributed by atoms with E-state index in [1.807, 2.05) is 0 Å². The van der Waals surface area contributed by atoms with Gasteiger partial charge in [-0.05, 0) is 47.9 Å². The summed E-state index contributed by atoms with van der Waals surface area (Å²) in [6.07, 6.45) is -4.58. The van der Waals surface area contributed by atoms with Crippen LogP contribution in [0.5, 0.6) is 5.75 Å². The average Bonchev–Trinajstić information content (AvgIpc) is 3.04. The number of amides is 1. The fourth-order valence-electron chi connectivity index (χ4n) is 3.02. The Morgan fingerprint density at radius 2 is 1.82 bits per heavy atom. The van der Waals surface area contributed by atoms with Crippen molar-refractivity contribution in [3.63, 3.8) is 0 Å². The number of nitrogens with one attached hydrogen (secondary N) is 1. The molecular formula is C19H11F3N3O3-. The van der Waals surface area contributed by atoms with Crippen LogP contribution in [-0.2, 0) is 0 Å². The topological polar surface area (TPSA) is 79.2 Å². The lowest BCUT2D eigenvalue weighted by molar-refractivity contribution is -0.274. The number of ether oxygens (including phenoxy) is 1. The molecule has 1 N–H and O–H groups in total. The molecule has 4 rings (SSSR count). The van der Waals surface area contributed by atoms with Gasteiger partial charge in [0.05, 0.1) is 11.0 Å². The Morgan fingerprint density at radius 1 is 1.07 bits per heavy atom. The monoisotopic (exact) mass is 386 g/mol. The van der Waals surface area contributed by atoms with Gasteiger partial charge in [-0.15, -0.1) is 13.2 Å². The summed E-state index contributed by atoms with van der Waals surface area (Å²) in [5.74, 6) is -0.306. The summed E-state index contributed by atoms with van der Waals surface area (Å²) in [7, 11) is 0. The summed E-state index contributed by atoms with van der Waals surface area (Å²) in [5.41, 5.74) is 2.42. The van der Waals surface area contributed by atoms with E-state index in [0.29, 0.717) is 16.9 Å². The number of carbonyl (C=O) groups is 1. The van der Waals surface area contributed by atoms with E-state index in [9.17, 15) is 23.1 Å². The molecule has 0 fully saturated rings. The Bertz CT molecular complexity index is 1180. The van der Waals surface area contributed by atoms with Gasteiger partial charge in [-0.2, -0.15) is 0 Å². The van der Waals surface area contributed by atoms with E-state index in [0.717, 1.165) is 16.3 Å². The summed E-state index contributed by atoms with van der Waals surface area (Å²) in [4.78, 5) is 15.1. The van der Waals surface area contributed by atoms with Crippen molar-refractivity contribution in [1.82, 2.24) is 9.55 Å². The van der Waals surface area contributed by atoms with Gasteiger partial charge in [0.15, 0.2) is 0 Å². The van der Waals surface area contributed by atoms with Gasteiger partial charge in [0.2, 0.25) is 0 Å². The fourth-order valence-corrected chi connectivity index (χ4v) is 3.02. The molecule has 0 spiro atoms. The van der Waals surface area contributed by atoms with Gasteiger partial charge in [-0.1, -0.05) is 12.1 Å². The lowest BCUT2D eigenvalue weighted by Gasteiger charge is -2.10. The minimum Gasteiger partial charge on any atom is -0.530 e.